The van der Waals surface area contributed by atoms with Gasteiger partial charge in [0.1, 0.15) is 0 Å². The molecule has 3 aliphatic heterocycles. The number of carbonyl (C=O) groups is 1. The van der Waals surface area contributed by atoms with Crippen LogP contribution in [0.5, 0.6) is 0 Å². The summed E-state index contributed by atoms with van der Waals surface area (Å²) >= 11 is 6.14. The van der Waals surface area contributed by atoms with Crippen molar-refractivity contribution in [1.82, 2.24) is 14.9 Å². The van der Waals surface area contributed by atoms with E-state index >= 15 is 0 Å². The van der Waals surface area contributed by atoms with Crippen LogP contribution in [0.25, 0.3) is 0 Å². The molecular formula is C19H21ClN6O. The highest BCUT2D eigenvalue weighted by atomic mass is 35.5. The number of amides is 2. The first-order valence-electron chi connectivity index (χ1n) is 9.14. The lowest BCUT2D eigenvalue weighted by Gasteiger charge is -2.60. The van der Waals surface area contributed by atoms with E-state index in [1.54, 1.807) is 12.4 Å². The maximum Gasteiger partial charge on any atom is 0.324 e. The minimum absolute atomic E-state index is 0.0895. The summed E-state index contributed by atoms with van der Waals surface area (Å²) in [4.78, 5) is 29.8. The van der Waals surface area contributed by atoms with E-state index in [-0.39, 0.29) is 11.4 Å². The zero-order valence-electron chi connectivity index (χ0n) is 15.2. The number of urea groups is 1. The molecule has 2 aromatic rings. The molecule has 7 nitrogen and oxygen atoms in total. The van der Waals surface area contributed by atoms with Crippen LogP contribution in [0.15, 0.2) is 36.7 Å². The molecule has 0 unspecified atom stereocenters. The molecule has 0 aliphatic carbocycles. The summed E-state index contributed by atoms with van der Waals surface area (Å²) in [6.07, 6.45) is 3.53. The van der Waals surface area contributed by atoms with Gasteiger partial charge in [-0.25, -0.2) is 14.8 Å². The van der Waals surface area contributed by atoms with Gasteiger partial charge in [0.2, 0.25) is 5.95 Å². The summed E-state index contributed by atoms with van der Waals surface area (Å²) in [5.41, 5.74) is 2.14. The minimum Gasteiger partial charge on any atom is -0.371 e. The number of nitrogens with zero attached hydrogens (tertiary/aromatic N) is 6. The maximum atomic E-state index is 13.1. The largest absolute Gasteiger partial charge is 0.371 e. The molecule has 0 bridgehead atoms. The number of likely N-dealkylation sites (tertiary alicyclic amines) is 1. The van der Waals surface area contributed by atoms with Gasteiger partial charge in [-0.15, -0.1) is 0 Å². The molecule has 27 heavy (non-hydrogen) atoms. The summed E-state index contributed by atoms with van der Waals surface area (Å²) in [5, 5.41) is 0.690. The van der Waals surface area contributed by atoms with Crippen molar-refractivity contribution >= 4 is 35.0 Å². The van der Waals surface area contributed by atoms with Gasteiger partial charge in [0.25, 0.3) is 0 Å². The van der Waals surface area contributed by atoms with Crippen molar-refractivity contribution in [3.05, 3.63) is 41.7 Å². The molecule has 1 spiro atoms. The summed E-state index contributed by atoms with van der Waals surface area (Å²) in [5.74, 6) is 0.776. The second-order valence-corrected chi connectivity index (χ2v) is 8.19. The summed E-state index contributed by atoms with van der Waals surface area (Å²) in [6.45, 7) is 4.91. The third-order valence-electron chi connectivity index (χ3n) is 5.74. The van der Waals surface area contributed by atoms with Gasteiger partial charge < -0.3 is 14.7 Å². The lowest BCUT2D eigenvalue weighted by atomic mass is 9.73. The van der Waals surface area contributed by atoms with E-state index in [1.165, 1.54) is 0 Å². The van der Waals surface area contributed by atoms with E-state index in [2.05, 4.69) is 19.8 Å². The molecular weight excluding hydrogens is 364 g/mol. The van der Waals surface area contributed by atoms with Crippen LogP contribution < -0.4 is 14.7 Å². The molecule has 0 N–H and O–H groups in total. The predicted octanol–water partition coefficient (Wildman–Crippen LogP) is 2.33. The Balaban J connectivity index is 1.25. The molecule has 140 valence electrons. The van der Waals surface area contributed by atoms with E-state index in [4.69, 9.17) is 11.6 Å². The number of halogens is 1. The second kappa shape index (κ2) is 5.99. The Labute approximate surface area is 163 Å². The van der Waals surface area contributed by atoms with Crippen LogP contribution in [0, 0.1) is 5.41 Å². The lowest BCUT2D eigenvalue weighted by molar-refractivity contribution is 0.00922. The van der Waals surface area contributed by atoms with E-state index < -0.39 is 0 Å². The molecule has 8 heteroatoms. The van der Waals surface area contributed by atoms with Crippen LogP contribution in [-0.2, 0) is 0 Å². The number of likely N-dealkylation sites (N-methyl/N-ethyl adjacent to an activating group) is 1. The predicted molar refractivity (Wildman–Crippen MR) is 106 cm³/mol. The van der Waals surface area contributed by atoms with Crippen LogP contribution in [-0.4, -0.2) is 67.2 Å². The summed E-state index contributed by atoms with van der Waals surface area (Å²) in [7, 11) is 2.03. The van der Waals surface area contributed by atoms with Crippen molar-refractivity contribution < 1.29 is 4.79 Å². The van der Waals surface area contributed by atoms with Gasteiger partial charge in [0.15, 0.2) is 0 Å². The molecule has 2 saturated heterocycles. The van der Waals surface area contributed by atoms with Crippen molar-refractivity contribution in [3.63, 3.8) is 0 Å². The first-order valence-corrected chi connectivity index (χ1v) is 9.52. The fourth-order valence-corrected chi connectivity index (χ4v) is 4.52. The average molecular weight is 385 g/mol. The molecule has 1 aromatic heterocycles. The van der Waals surface area contributed by atoms with Crippen LogP contribution in [0.3, 0.4) is 0 Å². The highest BCUT2D eigenvalue weighted by molar-refractivity contribution is 6.31. The van der Waals surface area contributed by atoms with Gasteiger partial charge in [-0.2, -0.15) is 0 Å². The van der Waals surface area contributed by atoms with E-state index in [1.807, 2.05) is 41.1 Å². The van der Waals surface area contributed by atoms with Crippen molar-refractivity contribution in [2.45, 2.75) is 0 Å². The monoisotopic (exact) mass is 384 g/mol. The number of hydrogen-bond acceptors (Lipinski definition) is 5. The molecule has 4 heterocycles. The number of carbonyl (C=O) groups excluding carboxylic acids is 1. The Hall–Kier alpha value is -2.54. The fourth-order valence-electron chi connectivity index (χ4n) is 4.35. The van der Waals surface area contributed by atoms with Crippen molar-refractivity contribution in [2.75, 3.05) is 61.0 Å². The maximum absolute atomic E-state index is 13.1. The Kier molecular flexibility index (Phi) is 3.69. The standard InChI is InChI=1S/C19H21ClN6O/c1-23-7-8-26(15-4-3-14(20)9-16(15)23)18(27)25-12-19(13-25)10-24(11-19)17-21-5-2-6-22-17/h2-6,9H,7-8,10-13H2,1H3. The summed E-state index contributed by atoms with van der Waals surface area (Å²) < 4.78 is 0. The molecule has 0 atom stereocenters. The second-order valence-electron chi connectivity index (χ2n) is 7.75. The fraction of sp³-hybridized carbons (Fsp3) is 0.421. The molecule has 2 amide bonds. The van der Waals surface area contributed by atoms with E-state index in [0.29, 0.717) is 11.6 Å². The van der Waals surface area contributed by atoms with Gasteiger partial charge in [0, 0.05) is 69.1 Å². The third-order valence-corrected chi connectivity index (χ3v) is 5.98. The molecule has 0 saturated carbocycles. The average Bonchev–Trinajstić information content (AvgIpc) is 2.61. The number of hydrogen-bond donors (Lipinski definition) is 0. The Morgan fingerprint density at radius 3 is 2.56 bits per heavy atom. The highest BCUT2D eigenvalue weighted by Gasteiger charge is 2.54. The quantitative estimate of drug-likeness (QED) is 0.755. The van der Waals surface area contributed by atoms with Crippen LogP contribution >= 0.6 is 11.6 Å². The number of aromatic nitrogens is 2. The topological polar surface area (TPSA) is 55.8 Å². The van der Waals surface area contributed by atoms with Crippen molar-refractivity contribution in [1.29, 1.82) is 0 Å². The van der Waals surface area contributed by atoms with Crippen LogP contribution in [0.4, 0.5) is 22.1 Å². The molecule has 3 aliphatic rings. The van der Waals surface area contributed by atoms with Crippen LogP contribution in [0.1, 0.15) is 0 Å². The number of fused-ring (bicyclic) bond motifs is 1. The summed E-state index contributed by atoms with van der Waals surface area (Å²) in [6, 6.07) is 7.63. The molecule has 2 fully saturated rings. The Morgan fingerprint density at radius 1 is 1.07 bits per heavy atom. The van der Waals surface area contributed by atoms with Gasteiger partial charge in [-0.3, -0.25) is 4.90 Å². The SMILES string of the molecule is CN1CCN(C(=O)N2CC3(C2)CN(c2ncccn2)C3)c2ccc(Cl)cc21. The first kappa shape index (κ1) is 16.6. The van der Waals surface area contributed by atoms with Gasteiger partial charge in [-0.05, 0) is 24.3 Å². The van der Waals surface area contributed by atoms with Crippen molar-refractivity contribution in [2.24, 2.45) is 5.41 Å². The molecule has 0 radical (unpaired) electrons. The van der Waals surface area contributed by atoms with Crippen LogP contribution in [0.2, 0.25) is 5.02 Å². The van der Waals surface area contributed by atoms with E-state index in [0.717, 1.165) is 50.0 Å². The van der Waals surface area contributed by atoms with Gasteiger partial charge in [-0.1, -0.05) is 11.6 Å². The Morgan fingerprint density at radius 2 is 1.81 bits per heavy atom. The number of anilines is 3. The van der Waals surface area contributed by atoms with Gasteiger partial charge >= 0.3 is 6.03 Å². The lowest BCUT2D eigenvalue weighted by Crippen LogP contribution is -2.74. The van der Waals surface area contributed by atoms with Crippen molar-refractivity contribution in [3.8, 4) is 0 Å². The zero-order valence-corrected chi connectivity index (χ0v) is 15.9. The molecule has 1 aromatic carbocycles. The normalized spacial score (nSPS) is 20.2. The first-order chi connectivity index (χ1) is 13.0. The number of benzene rings is 1. The smallest absolute Gasteiger partial charge is 0.324 e. The van der Waals surface area contributed by atoms with Gasteiger partial charge in [0.05, 0.1) is 11.4 Å². The third kappa shape index (κ3) is 2.68. The highest BCUT2D eigenvalue weighted by Crippen LogP contribution is 2.42. The minimum atomic E-state index is 0.0895. The van der Waals surface area contributed by atoms with E-state index in [9.17, 15) is 4.79 Å². The number of rotatable bonds is 1. The zero-order chi connectivity index (χ0) is 18.6. The molecule has 5 rings (SSSR count). The Bertz CT molecular complexity index is 877.